The van der Waals surface area contributed by atoms with Crippen LogP contribution in [0.1, 0.15) is 168 Å². The highest BCUT2D eigenvalue weighted by molar-refractivity contribution is 5.71. The predicted octanol–water partition coefficient (Wildman–Crippen LogP) is 10.4. The predicted molar refractivity (Wildman–Crippen MR) is 173 cm³/mol. The Morgan fingerprint density at radius 3 is 1.59 bits per heavy atom. The van der Waals surface area contributed by atoms with Gasteiger partial charge in [-0.25, -0.2) is 0 Å². The number of carbonyl (C=O) groups is 2. The summed E-state index contributed by atoms with van der Waals surface area (Å²) in [6.45, 7) is 4.47. The summed E-state index contributed by atoms with van der Waals surface area (Å²) in [5.41, 5.74) is 0. The van der Waals surface area contributed by atoms with Gasteiger partial charge in [-0.1, -0.05) is 115 Å². The fourth-order valence-electron chi connectivity index (χ4n) is 4.85. The van der Waals surface area contributed by atoms with E-state index in [9.17, 15) is 19.8 Å². The summed E-state index contributed by atoms with van der Waals surface area (Å²) in [4.78, 5) is 23.6. The number of aliphatic hydroxyl groups is 1. The first kappa shape index (κ1) is 39.1. The van der Waals surface area contributed by atoms with Gasteiger partial charge in [0, 0.05) is 0 Å². The minimum atomic E-state index is -0.963. The summed E-state index contributed by atoms with van der Waals surface area (Å²) >= 11 is 0. The molecule has 2 N–H and O–H groups in total. The molecule has 0 bridgehead atoms. The van der Waals surface area contributed by atoms with Crippen LogP contribution >= 0.6 is 0 Å². The maximum absolute atomic E-state index is 12.3. The summed E-state index contributed by atoms with van der Waals surface area (Å²) in [5.74, 6) is -1.46. The number of aliphatic carboxylic acids is 1. The van der Waals surface area contributed by atoms with Crippen molar-refractivity contribution in [1.82, 2.24) is 0 Å². The van der Waals surface area contributed by atoms with Crippen LogP contribution in [0, 0.1) is 0 Å². The SMILES string of the molecule is CCCCC/C=C\C/C=C\CCCCCC(CC(=O)O)OC(=O)CC(O)CCCCC/C=C\CCCCCCCC. The van der Waals surface area contributed by atoms with Gasteiger partial charge in [-0.05, 0) is 77.0 Å². The summed E-state index contributed by atoms with van der Waals surface area (Å²) < 4.78 is 5.45. The van der Waals surface area contributed by atoms with E-state index in [1.54, 1.807) is 0 Å². The average Bonchev–Trinajstić information content (AvgIpc) is 2.93. The Hall–Kier alpha value is -1.88. The molecule has 0 heterocycles. The molecule has 0 aliphatic carbocycles. The molecule has 0 fully saturated rings. The Morgan fingerprint density at radius 1 is 0.585 bits per heavy atom. The number of rotatable bonds is 30. The molecule has 2 unspecified atom stereocenters. The number of hydrogen-bond acceptors (Lipinski definition) is 4. The molecule has 0 amide bonds. The molecule has 0 rings (SSSR count). The second-order valence-electron chi connectivity index (χ2n) is 11.5. The van der Waals surface area contributed by atoms with Crippen LogP contribution in [0.4, 0.5) is 0 Å². The van der Waals surface area contributed by atoms with Gasteiger partial charge in [0.2, 0.25) is 0 Å². The van der Waals surface area contributed by atoms with Crippen molar-refractivity contribution >= 4 is 11.9 Å². The molecule has 0 saturated heterocycles. The summed E-state index contributed by atoms with van der Waals surface area (Å²) in [7, 11) is 0. The molecule has 0 aromatic carbocycles. The zero-order chi connectivity index (χ0) is 30.2. The average molecular weight is 577 g/mol. The van der Waals surface area contributed by atoms with Gasteiger partial charge in [-0.3, -0.25) is 9.59 Å². The van der Waals surface area contributed by atoms with Crippen molar-refractivity contribution in [2.24, 2.45) is 0 Å². The highest BCUT2D eigenvalue weighted by Gasteiger charge is 2.20. The van der Waals surface area contributed by atoms with E-state index in [1.165, 1.54) is 70.6 Å². The van der Waals surface area contributed by atoms with Crippen LogP contribution < -0.4 is 0 Å². The first-order valence-corrected chi connectivity index (χ1v) is 17.0. The molecule has 0 aliphatic rings. The van der Waals surface area contributed by atoms with Crippen molar-refractivity contribution in [1.29, 1.82) is 0 Å². The molecule has 0 aliphatic heterocycles. The monoisotopic (exact) mass is 576 g/mol. The molecule has 2 atom stereocenters. The number of carboxylic acid groups (broad SMARTS) is 1. The molecule has 0 aromatic heterocycles. The first-order chi connectivity index (χ1) is 20.0. The molecule has 0 aromatic rings. The minimum absolute atomic E-state index is 0.0634. The Bertz CT molecular complexity index is 681. The first-order valence-electron chi connectivity index (χ1n) is 17.0. The fraction of sp³-hybridized carbons (Fsp3) is 0.778. The van der Waals surface area contributed by atoms with Crippen LogP contribution in [0.25, 0.3) is 0 Å². The van der Waals surface area contributed by atoms with Gasteiger partial charge in [0.1, 0.15) is 6.10 Å². The Labute approximate surface area is 252 Å². The number of unbranched alkanes of at least 4 members (excludes halogenated alkanes) is 15. The Morgan fingerprint density at radius 2 is 1.02 bits per heavy atom. The maximum atomic E-state index is 12.3. The Kier molecular flexibility index (Phi) is 29.6. The molecule has 41 heavy (non-hydrogen) atoms. The molecule has 5 nitrogen and oxygen atoms in total. The number of allylic oxidation sites excluding steroid dienone is 6. The second kappa shape index (κ2) is 31.1. The van der Waals surface area contributed by atoms with Crippen LogP contribution in [0.2, 0.25) is 0 Å². The van der Waals surface area contributed by atoms with E-state index in [-0.39, 0.29) is 12.8 Å². The van der Waals surface area contributed by atoms with Crippen molar-refractivity contribution < 1.29 is 24.5 Å². The third-order valence-corrected chi connectivity index (χ3v) is 7.38. The highest BCUT2D eigenvalue weighted by Crippen LogP contribution is 2.15. The zero-order valence-corrected chi connectivity index (χ0v) is 26.7. The molecular weight excluding hydrogens is 512 g/mol. The van der Waals surface area contributed by atoms with Crippen LogP contribution in [0.3, 0.4) is 0 Å². The molecule has 0 saturated carbocycles. The van der Waals surface area contributed by atoms with Crippen molar-refractivity contribution in [2.45, 2.75) is 180 Å². The molecular formula is C36H64O5. The van der Waals surface area contributed by atoms with Gasteiger partial charge in [0.15, 0.2) is 0 Å². The van der Waals surface area contributed by atoms with Crippen molar-refractivity contribution in [2.75, 3.05) is 0 Å². The van der Waals surface area contributed by atoms with Gasteiger partial charge in [-0.15, -0.1) is 0 Å². The molecule has 238 valence electrons. The lowest BCUT2D eigenvalue weighted by Gasteiger charge is -2.17. The van der Waals surface area contributed by atoms with Crippen LogP contribution in [0.15, 0.2) is 36.5 Å². The number of esters is 1. The normalized spacial score (nSPS) is 13.4. The van der Waals surface area contributed by atoms with E-state index < -0.39 is 24.1 Å². The standard InChI is InChI=1S/C36H64O5/c1-3-5-7-9-11-13-15-17-19-21-23-25-27-29-33(37)31-36(40)41-34(32-35(38)39)30-28-26-24-22-20-18-16-14-12-10-8-6-4-2/h12,14,17-20,33-34,37H,3-11,13,15-16,21-32H2,1-2H3,(H,38,39)/b14-12-,19-17-,20-18-. The van der Waals surface area contributed by atoms with E-state index in [2.05, 4.69) is 50.3 Å². The third-order valence-electron chi connectivity index (χ3n) is 7.38. The quantitative estimate of drug-likeness (QED) is 0.0505. The second-order valence-corrected chi connectivity index (χ2v) is 11.5. The molecule has 0 spiro atoms. The largest absolute Gasteiger partial charge is 0.481 e. The zero-order valence-electron chi connectivity index (χ0n) is 26.7. The fourth-order valence-corrected chi connectivity index (χ4v) is 4.85. The number of carboxylic acids is 1. The lowest BCUT2D eigenvalue weighted by atomic mass is 10.1. The van der Waals surface area contributed by atoms with Gasteiger partial charge in [0.05, 0.1) is 18.9 Å². The van der Waals surface area contributed by atoms with Gasteiger partial charge < -0.3 is 14.9 Å². The van der Waals surface area contributed by atoms with Gasteiger partial charge in [-0.2, -0.15) is 0 Å². The van der Waals surface area contributed by atoms with E-state index in [1.807, 2.05) is 0 Å². The smallest absolute Gasteiger partial charge is 0.308 e. The van der Waals surface area contributed by atoms with Gasteiger partial charge >= 0.3 is 11.9 Å². The van der Waals surface area contributed by atoms with E-state index in [0.717, 1.165) is 57.8 Å². The maximum Gasteiger partial charge on any atom is 0.308 e. The van der Waals surface area contributed by atoms with Crippen LogP contribution in [-0.4, -0.2) is 34.4 Å². The van der Waals surface area contributed by atoms with Crippen molar-refractivity contribution in [3.8, 4) is 0 Å². The van der Waals surface area contributed by atoms with Crippen LogP contribution in [-0.2, 0) is 14.3 Å². The third kappa shape index (κ3) is 30.9. The number of aliphatic hydroxyl groups excluding tert-OH is 1. The highest BCUT2D eigenvalue weighted by atomic mass is 16.5. The minimum Gasteiger partial charge on any atom is -0.481 e. The van der Waals surface area contributed by atoms with E-state index in [4.69, 9.17) is 4.74 Å². The van der Waals surface area contributed by atoms with E-state index >= 15 is 0 Å². The van der Waals surface area contributed by atoms with Crippen molar-refractivity contribution in [3.05, 3.63) is 36.5 Å². The van der Waals surface area contributed by atoms with Crippen molar-refractivity contribution in [3.63, 3.8) is 0 Å². The summed E-state index contributed by atoms with van der Waals surface area (Å²) in [6.07, 6.45) is 36.0. The number of hydrogen-bond donors (Lipinski definition) is 2. The molecule has 0 radical (unpaired) electrons. The lowest BCUT2D eigenvalue weighted by Crippen LogP contribution is -2.24. The van der Waals surface area contributed by atoms with Crippen LogP contribution in [0.5, 0.6) is 0 Å². The van der Waals surface area contributed by atoms with Gasteiger partial charge in [0.25, 0.3) is 0 Å². The number of carbonyl (C=O) groups excluding carboxylic acids is 1. The summed E-state index contributed by atoms with van der Waals surface area (Å²) in [6, 6.07) is 0. The Balaban J connectivity index is 3.91. The number of ether oxygens (including phenoxy) is 1. The topological polar surface area (TPSA) is 83.8 Å². The van der Waals surface area contributed by atoms with E-state index in [0.29, 0.717) is 12.8 Å². The molecule has 5 heteroatoms. The summed E-state index contributed by atoms with van der Waals surface area (Å²) in [5, 5.41) is 19.5. The lowest BCUT2D eigenvalue weighted by molar-refractivity contribution is -0.155.